The average Bonchev–Trinajstić information content (AvgIpc) is 2.12. The molecule has 4 N–H and O–H groups in total. The van der Waals surface area contributed by atoms with Gasteiger partial charge in [-0.05, 0) is 18.8 Å². The molecule has 0 radical (unpaired) electrons. The molecule has 1 aliphatic rings. The zero-order chi connectivity index (χ0) is 5.98. The van der Waals surface area contributed by atoms with Crippen LogP contribution in [0.1, 0.15) is 12.8 Å². The third-order valence-corrected chi connectivity index (χ3v) is 1.59. The van der Waals surface area contributed by atoms with Crippen molar-refractivity contribution in [2.24, 2.45) is 17.4 Å². The van der Waals surface area contributed by atoms with Gasteiger partial charge in [0.2, 0.25) is 0 Å². The molecule has 0 fully saturated rings. The highest BCUT2D eigenvalue weighted by Crippen LogP contribution is 2.17. The summed E-state index contributed by atoms with van der Waals surface area (Å²) in [6, 6.07) is 0. The van der Waals surface area contributed by atoms with Gasteiger partial charge in [0.1, 0.15) is 0 Å². The Morgan fingerprint density at radius 2 is 1.75 bits per heavy atom. The molecule has 0 bridgehead atoms. The first-order valence-corrected chi connectivity index (χ1v) is 2.97. The van der Waals surface area contributed by atoms with E-state index in [0.717, 1.165) is 12.8 Å². The fourth-order valence-corrected chi connectivity index (χ4v) is 0.953. The second-order valence-electron chi connectivity index (χ2n) is 2.28. The van der Waals surface area contributed by atoms with Crippen molar-refractivity contribution in [3.8, 4) is 0 Å². The fraction of sp³-hybridized carbons (Fsp3) is 0.667. The molecule has 0 aromatic carbocycles. The van der Waals surface area contributed by atoms with E-state index in [1.165, 1.54) is 0 Å². The molecule has 2 heteroatoms. The molecule has 0 aromatic rings. The monoisotopic (exact) mass is 112 g/mol. The van der Waals surface area contributed by atoms with E-state index in [1.807, 2.05) is 0 Å². The molecule has 0 amide bonds. The lowest BCUT2D eigenvalue weighted by atomic mass is 10.1. The van der Waals surface area contributed by atoms with Crippen molar-refractivity contribution in [2.75, 3.05) is 0 Å². The van der Waals surface area contributed by atoms with E-state index in [4.69, 9.17) is 11.5 Å². The first kappa shape index (κ1) is 5.79. The molecule has 0 aromatic heterocycles. The quantitative estimate of drug-likeness (QED) is 0.376. The van der Waals surface area contributed by atoms with Crippen LogP contribution in [0.3, 0.4) is 0 Å². The number of allylic oxidation sites excluding steroid dienone is 2. The fourth-order valence-electron chi connectivity index (χ4n) is 0.953. The van der Waals surface area contributed by atoms with Gasteiger partial charge in [0.15, 0.2) is 0 Å². The lowest BCUT2D eigenvalue weighted by Gasteiger charge is -2.11. The molecule has 8 heavy (non-hydrogen) atoms. The van der Waals surface area contributed by atoms with E-state index in [2.05, 4.69) is 12.2 Å². The third-order valence-electron chi connectivity index (χ3n) is 1.59. The predicted molar refractivity (Wildman–Crippen MR) is 34.0 cm³/mol. The van der Waals surface area contributed by atoms with Crippen molar-refractivity contribution in [3.63, 3.8) is 0 Å². The van der Waals surface area contributed by atoms with Gasteiger partial charge < -0.3 is 11.5 Å². The van der Waals surface area contributed by atoms with Crippen LogP contribution in [0.5, 0.6) is 0 Å². The second kappa shape index (κ2) is 2.29. The maximum absolute atomic E-state index is 5.44. The molecule has 0 saturated carbocycles. The van der Waals surface area contributed by atoms with Gasteiger partial charge in [-0.15, -0.1) is 0 Å². The number of nitrogens with two attached hydrogens (primary N) is 2. The molecule has 46 valence electrons. The second-order valence-corrected chi connectivity index (χ2v) is 2.28. The van der Waals surface area contributed by atoms with Crippen LogP contribution in [0, 0.1) is 5.92 Å². The van der Waals surface area contributed by atoms with Crippen molar-refractivity contribution in [3.05, 3.63) is 12.2 Å². The number of rotatable bonds is 1. The summed E-state index contributed by atoms with van der Waals surface area (Å²) in [5, 5.41) is 0. The minimum Gasteiger partial charge on any atom is -0.316 e. The smallest absolute Gasteiger partial charge is 0.0555 e. The molecule has 0 atom stereocenters. The van der Waals surface area contributed by atoms with E-state index in [-0.39, 0.29) is 6.17 Å². The van der Waals surface area contributed by atoms with Crippen molar-refractivity contribution >= 4 is 0 Å². The summed E-state index contributed by atoms with van der Waals surface area (Å²) in [7, 11) is 0. The van der Waals surface area contributed by atoms with Gasteiger partial charge in [0, 0.05) is 0 Å². The molecule has 0 saturated heterocycles. The number of hydrogen-bond acceptors (Lipinski definition) is 2. The summed E-state index contributed by atoms with van der Waals surface area (Å²) in [4.78, 5) is 0. The number of hydrogen-bond donors (Lipinski definition) is 2. The van der Waals surface area contributed by atoms with Crippen molar-refractivity contribution in [1.29, 1.82) is 0 Å². The summed E-state index contributed by atoms with van der Waals surface area (Å²) in [6.07, 6.45) is 6.29. The van der Waals surface area contributed by atoms with Crippen LogP contribution in [-0.2, 0) is 0 Å². The lowest BCUT2D eigenvalue weighted by Crippen LogP contribution is -2.37. The molecule has 0 spiro atoms. The highest BCUT2D eigenvalue weighted by atomic mass is 14.9. The van der Waals surface area contributed by atoms with Gasteiger partial charge in [-0.2, -0.15) is 0 Å². The van der Waals surface area contributed by atoms with Crippen LogP contribution in [0.25, 0.3) is 0 Å². The largest absolute Gasteiger partial charge is 0.316 e. The maximum atomic E-state index is 5.44. The molecular formula is C6H12N2. The summed E-state index contributed by atoms with van der Waals surface area (Å²) in [5.41, 5.74) is 10.9. The Bertz CT molecular complexity index is 88.7. The first-order valence-electron chi connectivity index (χ1n) is 2.97. The lowest BCUT2D eigenvalue weighted by molar-refractivity contribution is 0.456. The summed E-state index contributed by atoms with van der Waals surface area (Å²) in [6.45, 7) is 0. The Labute approximate surface area is 49.5 Å². The molecule has 0 heterocycles. The van der Waals surface area contributed by atoms with Crippen molar-refractivity contribution in [1.82, 2.24) is 0 Å². The summed E-state index contributed by atoms with van der Waals surface area (Å²) >= 11 is 0. The van der Waals surface area contributed by atoms with Crippen molar-refractivity contribution in [2.45, 2.75) is 19.0 Å². The average molecular weight is 112 g/mol. The SMILES string of the molecule is NC(N)C1CC=CC1. The zero-order valence-corrected chi connectivity index (χ0v) is 4.88. The van der Waals surface area contributed by atoms with Gasteiger partial charge in [0.05, 0.1) is 6.17 Å². The van der Waals surface area contributed by atoms with Crippen molar-refractivity contribution < 1.29 is 0 Å². The Morgan fingerprint density at radius 1 is 1.25 bits per heavy atom. The topological polar surface area (TPSA) is 52.0 Å². The molecule has 1 aliphatic carbocycles. The van der Waals surface area contributed by atoms with Gasteiger partial charge in [0.25, 0.3) is 0 Å². The Kier molecular flexibility index (Phi) is 1.65. The van der Waals surface area contributed by atoms with Gasteiger partial charge in [-0.1, -0.05) is 12.2 Å². The van der Waals surface area contributed by atoms with E-state index in [1.54, 1.807) is 0 Å². The van der Waals surface area contributed by atoms with Gasteiger partial charge in [-0.3, -0.25) is 0 Å². The van der Waals surface area contributed by atoms with Crippen LogP contribution < -0.4 is 11.5 Å². The van der Waals surface area contributed by atoms with Crippen LogP contribution in [0.4, 0.5) is 0 Å². The summed E-state index contributed by atoms with van der Waals surface area (Å²) < 4.78 is 0. The molecule has 1 rings (SSSR count). The third kappa shape index (κ3) is 1.08. The highest BCUT2D eigenvalue weighted by Gasteiger charge is 2.13. The van der Waals surface area contributed by atoms with Gasteiger partial charge in [-0.25, -0.2) is 0 Å². The first-order chi connectivity index (χ1) is 3.80. The van der Waals surface area contributed by atoms with E-state index >= 15 is 0 Å². The predicted octanol–water partition coefficient (Wildman–Crippen LogP) is 0.196. The highest BCUT2D eigenvalue weighted by molar-refractivity contribution is 4.96. The van der Waals surface area contributed by atoms with Gasteiger partial charge >= 0.3 is 0 Å². The Morgan fingerprint density at radius 3 is 2.00 bits per heavy atom. The van der Waals surface area contributed by atoms with Crippen LogP contribution in [0.15, 0.2) is 12.2 Å². The van der Waals surface area contributed by atoms with Crippen LogP contribution in [0.2, 0.25) is 0 Å². The molecular weight excluding hydrogens is 100 g/mol. The van der Waals surface area contributed by atoms with Crippen LogP contribution >= 0.6 is 0 Å². The summed E-state index contributed by atoms with van der Waals surface area (Å²) in [5.74, 6) is 0.509. The minimum atomic E-state index is -0.120. The Balaban J connectivity index is 2.29. The van der Waals surface area contributed by atoms with E-state index in [9.17, 15) is 0 Å². The standard InChI is InChI=1S/C6H12N2/c7-6(8)5-3-1-2-4-5/h1-2,5-6H,3-4,7-8H2. The van der Waals surface area contributed by atoms with Crippen LogP contribution in [-0.4, -0.2) is 6.17 Å². The molecule has 2 nitrogen and oxygen atoms in total. The van der Waals surface area contributed by atoms with E-state index in [0.29, 0.717) is 5.92 Å². The maximum Gasteiger partial charge on any atom is 0.0555 e. The Hall–Kier alpha value is -0.340. The molecule has 0 unspecified atom stereocenters. The minimum absolute atomic E-state index is 0.120. The zero-order valence-electron chi connectivity index (χ0n) is 4.88. The van der Waals surface area contributed by atoms with E-state index < -0.39 is 0 Å². The molecule has 0 aliphatic heterocycles. The normalized spacial score (nSPS) is 20.9.